The lowest BCUT2D eigenvalue weighted by molar-refractivity contribution is -0.150. The quantitative estimate of drug-likeness (QED) is 0.811. The molecule has 1 N–H and O–H groups in total. The maximum absolute atomic E-state index is 9.92. The number of piperidine rings is 1. The normalized spacial score (nSPS) is 27.6. The number of nitrogens with zero attached hydrogens (tertiary/aromatic N) is 2. The molecule has 0 saturated carbocycles. The zero-order valence-electron chi connectivity index (χ0n) is 10.4. The highest BCUT2D eigenvalue weighted by molar-refractivity contribution is 8.02. The average Bonchev–Trinajstić information content (AvgIpc) is 2.74. The van der Waals surface area contributed by atoms with Crippen molar-refractivity contribution in [3.8, 4) is 0 Å². The van der Waals surface area contributed by atoms with Crippen LogP contribution < -0.4 is 0 Å². The van der Waals surface area contributed by atoms with Gasteiger partial charge >= 0.3 is 0 Å². The smallest absolute Gasteiger partial charge is 0.102 e. The zero-order valence-corrected chi connectivity index (χ0v) is 11.2. The Bertz CT molecular complexity index is 257. The molecule has 4 nitrogen and oxygen atoms in total. The Morgan fingerprint density at radius 1 is 1.41 bits per heavy atom. The molecule has 5 heteroatoms. The molecule has 2 rings (SSSR count). The number of aliphatic hydroxyl groups excluding tert-OH is 1. The van der Waals surface area contributed by atoms with E-state index < -0.39 is 0 Å². The standard InChI is InChI=1S/C12H22N2O2S/c1-11-14(7-8-17-11)16-10-12(15)9-13-5-3-2-4-6-13/h7-8,11-12,15H,2-6,9-10H2,1H3. The maximum Gasteiger partial charge on any atom is 0.102 e. The van der Waals surface area contributed by atoms with Crippen LogP contribution in [0.2, 0.25) is 0 Å². The number of hydroxylamine groups is 2. The van der Waals surface area contributed by atoms with Gasteiger partial charge in [-0.1, -0.05) is 6.42 Å². The summed E-state index contributed by atoms with van der Waals surface area (Å²) in [6.07, 6.45) is 5.38. The molecule has 98 valence electrons. The van der Waals surface area contributed by atoms with E-state index in [2.05, 4.69) is 11.8 Å². The van der Waals surface area contributed by atoms with Crippen LogP contribution in [0.15, 0.2) is 11.6 Å². The second-order valence-corrected chi connectivity index (χ2v) is 5.92. The van der Waals surface area contributed by atoms with Crippen LogP contribution in [0, 0.1) is 0 Å². The monoisotopic (exact) mass is 258 g/mol. The van der Waals surface area contributed by atoms with Crippen LogP contribution in [0.1, 0.15) is 26.2 Å². The lowest BCUT2D eigenvalue weighted by atomic mass is 10.1. The van der Waals surface area contributed by atoms with Gasteiger partial charge in [-0.15, -0.1) is 11.8 Å². The van der Waals surface area contributed by atoms with E-state index >= 15 is 0 Å². The van der Waals surface area contributed by atoms with E-state index in [1.165, 1.54) is 19.3 Å². The molecule has 0 aromatic carbocycles. The summed E-state index contributed by atoms with van der Waals surface area (Å²) in [4.78, 5) is 7.90. The lowest BCUT2D eigenvalue weighted by Crippen LogP contribution is -2.39. The van der Waals surface area contributed by atoms with E-state index in [0.29, 0.717) is 12.0 Å². The number of likely N-dealkylation sites (tertiary alicyclic amines) is 1. The van der Waals surface area contributed by atoms with Gasteiger partial charge in [0.15, 0.2) is 0 Å². The highest BCUT2D eigenvalue weighted by Crippen LogP contribution is 2.24. The second-order valence-electron chi connectivity index (χ2n) is 4.69. The van der Waals surface area contributed by atoms with Crippen LogP contribution in [-0.4, -0.2) is 52.8 Å². The highest BCUT2D eigenvalue weighted by Gasteiger charge is 2.19. The molecule has 0 aliphatic carbocycles. The SMILES string of the molecule is CC1SC=CN1OCC(O)CN1CCCCC1. The third-order valence-corrected chi connectivity index (χ3v) is 4.06. The first-order chi connectivity index (χ1) is 8.25. The number of hydrogen-bond acceptors (Lipinski definition) is 5. The first-order valence-corrected chi connectivity index (χ1v) is 7.34. The van der Waals surface area contributed by atoms with Gasteiger partial charge in [0.25, 0.3) is 0 Å². The Morgan fingerprint density at radius 2 is 2.18 bits per heavy atom. The average molecular weight is 258 g/mol. The lowest BCUT2D eigenvalue weighted by Gasteiger charge is -2.29. The second kappa shape index (κ2) is 6.64. The molecule has 2 aliphatic rings. The molecule has 1 saturated heterocycles. The maximum atomic E-state index is 9.92. The van der Waals surface area contributed by atoms with Crippen molar-refractivity contribution in [2.45, 2.75) is 37.7 Å². The van der Waals surface area contributed by atoms with Crippen molar-refractivity contribution >= 4 is 11.8 Å². The first-order valence-electron chi connectivity index (χ1n) is 6.39. The minimum atomic E-state index is -0.390. The number of thioether (sulfide) groups is 1. The third kappa shape index (κ3) is 4.17. The first kappa shape index (κ1) is 13.2. The topological polar surface area (TPSA) is 35.9 Å². The molecule has 0 amide bonds. The van der Waals surface area contributed by atoms with E-state index in [-0.39, 0.29) is 6.10 Å². The van der Waals surface area contributed by atoms with Crippen molar-refractivity contribution in [3.63, 3.8) is 0 Å². The Morgan fingerprint density at radius 3 is 2.82 bits per heavy atom. The van der Waals surface area contributed by atoms with Gasteiger partial charge in [0.05, 0.1) is 6.10 Å². The van der Waals surface area contributed by atoms with Crippen LogP contribution in [0.4, 0.5) is 0 Å². The van der Waals surface area contributed by atoms with E-state index in [0.717, 1.165) is 19.6 Å². The van der Waals surface area contributed by atoms with Gasteiger partial charge in [-0.05, 0) is 38.3 Å². The molecule has 0 aromatic rings. The summed E-state index contributed by atoms with van der Waals surface area (Å²) in [6.45, 7) is 5.44. The number of rotatable bonds is 5. The summed E-state index contributed by atoms with van der Waals surface area (Å²) in [5.74, 6) is 0. The molecule has 17 heavy (non-hydrogen) atoms. The third-order valence-electron chi connectivity index (χ3n) is 3.18. The summed E-state index contributed by atoms with van der Waals surface area (Å²) >= 11 is 1.72. The highest BCUT2D eigenvalue weighted by atomic mass is 32.2. The largest absolute Gasteiger partial charge is 0.389 e. The molecule has 2 unspecified atom stereocenters. The van der Waals surface area contributed by atoms with Crippen molar-refractivity contribution in [1.29, 1.82) is 0 Å². The van der Waals surface area contributed by atoms with Crippen molar-refractivity contribution in [1.82, 2.24) is 9.96 Å². The molecular weight excluding hydrogens is 236 g/mol. The molecule has 0 bridgehead atoms. The molecule has 0 aromatic heterocycles. The summed E-state index contributed by atoms with van der Waals surface area (Å²) < 4.78 is 0. The minimum Gasteiger partial charge on any atom is -0.389 e. The van der Waals surface area contributed by atoms with Crippen molar-refractivity contribution in [2.24, 2.45) is 0 Å². The van der Waals surface area contributed by atoms with Gasteiger partial charge < -0.3 is 10.0 Å². The predicted octanol–water partition coefficient (Wildman–Crippen LogP) is 1.63. The predicted molar refractivity (Wildman–Crippen MR) is 70.3 cm³/mol. The van der Waals surface area contributed by atoms with Gasteiger partial charge in [-0.2, -0.15) is 0 Å². The fourth-order valence-electron chi connectivity index (χ4n) is 2.20. The van der Waals surface area contributed by atoms with E-state index in [1.54, 1.807) is 11.8 Å². The molecule has 2 atom stereocenters. The fraction of sp³-hybridized carbons (Fsp3) is 0.833. The molecule has 0 radical (unpaired) electrons. The van der Waals surface area contributed by atoms with Crippen molar-refractivity contribution in [2.75, 3.05) is 26.2 Å². The summed E-state index contributed by atoms with van der Waals surface area (Å²) in [5.41, 5.74) is 0. The molecular formula is C12H22N2O2S. The fourth-order valence-corrected chi connectivity index (χ4v) is 2.87. The Kier molecular flexibility index (Phi) is 5.16. The summed E-state index contributed by atoms with van der Waals surface area (Å²) in [6, 6.07) is 0. The van der Waals surface area contributed by atoms with Crippen molar-refractivity contribution in [3.05, 3.63) is 11.6 Å². The van der Waals surface area contributed by atoms with Crippen LogP contribution >= 0.6 is 11.8 Å². The zero-order chi connectivity index (χ0) is 12.1. The van der Waals surface area contributed by atoms with Crippen LogP contribution in [0.3, 0.4) is 0 Å². The molecule has 0 spiro atoms. The van der Waals surface area contributed by atoms with E-state index in [1.807, 2.05) is 16.7 Å². The van der Waals surface area contributed by atoms with Gasteiger partial charge in [0, 0.05) is 12.7 Å². The van der Waals surface area contributed by atoms with Gasteiger partial charge in [0.2, 0.25) is 0 Å². The van der Waals surface area contributed by atoms with Gasteiger partial charge in [-0.25, -0.2) is 5.06 Å². The van der Waals surface area contributed by atoms with Gasteiger partial charge in [0.1, 0.15) is 12.0 Å². The number of hydrogen-bond donors (Lipinski definition) is 1. The van der Waals surface area contributed by atoms with Crippen LogP contribution in [0.5, 0.6) is 0 Å². The van der Waals surface area contributed by atoms with Crippen molar-refractivity contribution < 1.29 is 9.94 Å². The Hall–Kier alpha value is -0.230. The number of aliphatic hydroxyl groups is 1. The van der Waals surface area contributed by atoms with Crippen LogP contribution in [0.25, 0.3) is 0 Å². The summed E-state index contributed by atoms with van der Waals surface area (Å²) in [7, 11) is 0. The minimum absolute atomic E-state index is 0.317. The Labute approximate surface area is 108 Å². The molecule has 2 heterocycles. The molecule has 1 fully saturated rings. The number of β-amino-alcohol motifs (C(OH)–C–C–N with tert-alkyl or cyclic N) is 1. The van der Waals surface area contributed by atoms with E-state index in [9.17, 15) is 5.11 Å². The van der Waals surface area contributed by atoms with E-state index in [4.69, 9.17) is 4.84 Å². The summed E-state index contributed by atoms with van der Waals surface area (Å²) in [5, 5.41) is 14.1. The Balaban J connectivity index is 1.63. The molecule has 2 aliphatic heterocycles. The van der Waals surface area contributed by atoms with Crippen LogP contribution in [-0.2, 0) is 4.84 Å². The van der Waals surface area contributed by atoms with Gasteiger partial charge in [-0.3, -0.25) is 4.84 Å².